The number of unbranched alkanes of at least 4 members (excludes halogenated alkanes) is 2. The number of carbonyl (C=O) groups is 1. The number of hydrogen-bond acceptors (Lipinski definition) is 3. The van der Waals surface area contributed by atoms with E-state index in [0.717, 1.165) is 12.8 Å². The molecular weight excluding hydrogens is 247 g/mol. The van der Waals surface area contributed by atoms with Gasteiger partial charge in [0, 0.05) is 6.42 Å². The highest BCUT2D eigenvalue weighted by Crippen LogP contribution is 2.54. The van der Waals surface area contributed by atoms with Crippen LogP contribution < -0.4 is 0 Å². The van der Waals surface area contributed by atoms with Gasteiger partial charge in [-0.25, -0.2) is 0 Å². The van der Waals surface area contributed by atoms with Gasteiger partial charge in [-0.3, -0.25) is 9.36 Å². The van der Waals surface area contributed by atoms with E-state index < -0.39 is 18.9 Å². The second-order valence-electron chi connectivity index (χ2n) is 4.23. The number of aliphatic carboxylic acids is 1. The summed E-state index contributed by atoms with van der Waals surface area (Å²) >= 11 is 0. The largest absolute Gasteiger partial charge is 0.481 e. The van der Waals surface area contributed by atoms with Crippen molar-refractivity contribution in [3.05, 3.63) is 0 Å². The van der Waals surface area contributed by atoms with Crippen LogP contribution in [0.4, 0.5) is 0 Å². The third-order valence-corrected chi connectivity index (χ3v) is 4.22. The summed E-state index contributed by atoms with van der Waals surface area (Å²) in [6.45, 7) is 1.95. The molecule has 102 valence electrons. The Morgan fingerprint density at radius 2 is 1.71 bits per heavy atom. The van der Waals surface area contributed by atoms with E-state index in [1.807, 2.05) is 6.92 Å². The molecular formula is C10H21O6P. The van der Waals surface area contributed by atoms with E-state index in [4.69, 9.17) is 14.9 Å². The van der Waals surface area contributed by atoms with Gasteiger partial charge in [-0.15, -0.1) is 0 Å². The summed E-state index contributed by atoms with van der Waals surface area (Å²) in [6, 6.07) is 0. The van der Waals surface area contributed by atoms with E-state index in [1.165, 1.54) is 0 Å². The van der Waals surface area contributed by atoms with Crippen LogP contribution in [0, 0.1) is 0 Å². The Morgan fingerprint density at radius 3 is 2.12 bits per heavy atom. The zero-order chi connectivity index (χ0) is 13.5. The highest BCUT2D eigenvalue weighted by atomic mass is 31.2. The quantitative estimate of drug-likeness (QED) is 0.373. The van der Waals surface area contributed by atoms with Crippen molar-refractivity contribution in [1.82, 2.24) is 0 Å². The van der Waals surface area contributed by atoms with E-state index in [9.17, 15) is 14.5 Å². The van der Waals surface area contributed by atoms with Crippen LogP contribution in [0.15, 0.2) is 0 Å². The summed E-state index contributed by atoms with van der Waals surface area (Å²) < 4.78 is 11.2. The molecule has 0 saturated carbocycles. The SMILES string of the molecule is CCCCCC(O)(CCCC(=O)O)P(=O)(O)O. The highest BCUT2D eigenvalue weighted by molar-refractivity contribution is 7.53. The van der Waals surface area contributed by atoms with Crippen molar-refractivity contribution in [1.29, 1.82) is 0 Å². The third kappa shape index (κ3) is 6.17. The fraction of sp³-hybridized carbons (Fsp3) is 0.900. The topological polar surface area (TPSA) is 115 Å². The molecule has 0 radical (unpaired) electrons. The van der Waals surface area contributed by atoms with Crippen LogP contribution in [0.1, 0.15) is 51.9 Å². The number of rotatable bonds is 9. The summed E-state index contributed by atoms with van der Waals surface area (Å²) in [7, 11) is -4.63. The average molecular weight is 268 g/mol. The van der Waals surface area contributed by atoms with Crippen molar-refractivity contribution in [3.8, 4) is 0 Å². The van der Waals surface area contributed by atoms with Crippen LogP contribution in [0.2, 0.25) is 0 Å². The van der Waals surface area contributed by atoms with E-state index in [2.05, 4.69) is 0 Å². The first-order chi connectivity index (χ1) is 7.73. The average Bonchev–Trinajstić information content (AvgIpc) is 2.15. The molecule has 0 rings (SSSR count). The summed E-state index contributed by atoms with van der Waals surface area (Å²) in [4.78, 5) is 28.5. The zero-order valence-electron chi connectivity index (χ0n) is 10.0. The van der Waals surface area contributed by atoms with Crippen LogP contribution in [0.5, 0.6) is 0 Å². The first kappa shape index (κ1) is 16.6. The fourth-order valence-corrected chi connectivity index (χ4v) is 2.50. The molecule has 1 atom stereocenters. The lowest BCUT2D eigenvalue weighted by atomic mass is 10.0. The monoisotopic (exact) mass is 268 g/mol. The van der Waals surface area contributed by atoms with Crippen molar-refractivity contribution < 1.29 is 29.4 Å². The molecule has 0 aliphatic heterocycles. The maximum absolute atomic E-state index is 11.2. The minimum Gasteiger partial charge on any atom is -0.481 e. The smallest absolute Gasteiger partial charge is 0.356 e. The Labute approximate surface area is 101 Å². The van der Waals surface area contributed by atoms with Crippen LogP contribution in [-0.2, 0) is 9.36 Å². The van der Waals surface area contributed by atoms with E-state index in [1.54, 1.807) is 0 Å². The number of aliphatic hydroxyl groups is 1. The lowest BCUT2D eigenvalue weighted by molar-refractivity contribution is -0.137. The summed E-state index contributed by atoms with van der Waals surface area (Å²) in [5.41, 5.74) is 0. The highest BCUT2D eigenvalue weighted by Gasteiger charge is 2.43. The van der Waals surface area contributed by atoms with Crippen LogP contribution in [0.3, 0.4) is 0 Å². The fourth-order valence-electron chi connectivity index (χ4n) is 1.60. The molecule has 0 bridgehead atoms. The molecule has 7 heteroatoms. The van der Waals surface area contributed by atoms with Gasteiger partial charge < -0.3 is 20.0 Å². The van der Waals surface area contributed by atoms with Gasteiger partial charge in [0.2, 0.25) is 0 Å². The summed E-state index contributed by atoms with van der Waals surface area (Å²) in [5, 5.41) is 16.3. The molecule has 0 aromatic heterocycles. The van der Waals surface area contributed by atoms with Gasteiger partial charge in [0.15, 0.2) is 5.34 Å². The van der Waals surface area contributed by atoms with Gasteiger partial charge >= 0.3 is 13.6 Å². The maximum atomic E-state index is 11.2. The van der Waals surface area contributed by atoms with E-state index in [-0.39, 0.29) is 25.7 Å². The van der Waals surface area contributed by atoms with Crippen molar-refractivity contribution in [2.75, 3.05) is 0 Å². The van der Waals surface area contributed by atoms with E-state index >= 15 is 0 Å². The molecule has 17 heavy (non-hydrogen) atoms. The van der Waals surface area contributed by atoms with Crippen molar-refractivity contribution in [2.45, 2.75) is 57.2 Å². The normalized spacial score (nSPS) is 15.5. The van der Waals surface area contributed by atoms with Gasteiger partial charge in [-0.2, -0.15) is 0 Å². The molecule has 0 aromatic carbocycles. The Kier molecular flexibility index (Phi) is 6.94. The molecule has 0 amide bonds. The molecule has 0 fully saturated rings. The Bertz CT molecular complexity index is 287. The molecule has 0 heterocycles. The maximum Gasteiger partial charge on any atom is 0.356 e. The number of carboxylic acid groups (broad SMARTS) is 1. The lowest BCUT2D eigenvalue weighted by Crippen LogP contribution is -2.28. The first-order valence-corrected chi connectivity index (χ1v) is 7.34. The minimum atomic E-state index is -4.63. The van der Waals surface area contributed by atoms with Crippen molar-refractivity contribution >= 4 is 13.6 Å². The van der Waals surface area contributed by atoms with Gasteiger partial charge in [0.05, 0.1) is 0 Å². The van der Waals surface area contributed by atoms with Crippen LogP contribution in [0.25, 0.3) is 0 Å². The molecule has 0 aliphatic rings. The third-order valence-electron chi connectivity index (χ3n) is 2.69. The van der Waals surface area contributed by atoms with Crippen molar-refractivity contribution in [3.63, 3.8) is 0 Å². The molecule has 4 N–H and O–H groups in total. The second kappa shape index (κ2) is 7.11. The van der Waals surface area contributed by atoms with Crippen molar-refractivity contribution in [2.24, 2.45) is 0 Å². The molecule has 0 aromatic rings. The predicted octanol–water partition coefficient (Wildman–Crippen LogP) is 1.69. The molecule has 6 nitrogen and oxygen atoms in total. The van der Waals surface area contributed by atoms with Gasteiger partial charge in [-0.1, -0.05) is 19.8 Å². The standard InChI is InChI=1S/C10H21O6P/c1-2-3-4-7-10(13,17(14,15)16)8-5-6-9(11)12/h13H,2-8H2,1H3,(H,11,12)(H2,14,15,16). The van der Waals surface area contributed by atoms with Gasteiger partial charge in [0.1, 0.15) is 0 Å². The number of carboxylic acids is 1. The van der Waals surface area contributed by atoms with Gasteiger partial charge in [0.25, 0.3) is 0 Å². The lowest BCUT2D eigenvalue weighted by Gasteiger charge is -2.28. The predicted molar refractivity (Wildman–Crippen MR) is 62.6 cm³/mol. The Hall–Kier alpha value is -0.420. The first-order valence-electron chi connectivity index (χ1n) is 5.73. The molecule has 0 saturated heterocycles. The molecule has 1 unspecified atom stereocenters. The molecule has 0 aliphatic carbocycles. The van der Waals surface area contributed by atoms with E-state index in [0.29, 0.717) is 6.42 Å². The zero-order valence-corrected chi connectivity index (χ0v) is 10.9. The minimum absolute atomic E-state index is 0.00470. The Morgan fingerprint density at radius 1 is 1.18 bits per heavy atom. The van der Waals surface area contributed by atoms with Crippen LogP contribution in [-0.4, -0.2) is 31.3 Å². The second-order valence-corrected chi connectivity index (χ2v) is 6.15. The Balaban J connectivity index is 4.40. The number of hydrogen-bond donors (Lipinski definition) is 4. The summed E-state index contributed by atoms with van der Waals surface area (Å²) in [6.07, 6.45) is 1.86. The van der Waals surface area contributed by atoms with Gasteiger partial charge in [-0.05, 0) is 25.7 Å². The molecule has 0 spiro atoms. The van der Waals surface area contributed by atoms with Crippen LogP contribution >= 0.6 is 7.60 Å². The summed E-state index contributed by atoms with van der Waals surface area (Å²) in [5.74, 6) is -1.04.